The monoisotopic (exact) mass is 414 g/mol. The average Bonchev–Trinajstić information content (AvgIpc) is 3.27. The summed E-state index contributed by atoms with van der Waals surface area (Å²) in [5, 5.41) is 17.0. The molecule has 2 aromatic carbocycles. The molecule has 0 radical (unpaired) electrons. The second-order valence-electron chi connectivity index (χ2n) is 6.21. The highest BCUT2D eigenvalue weighted by molar-refractivity contribution is 7.09. The second kappa shape index (κ2) is 10.5. The number of nitrogens with zero attached hydrogens (tertiary/aromatic N) is 2. The van der Waals surface area contributed by atoms with Gasteiger partial charge < -0.3 is 25.6 Å². The zero-order chi connectivity index (χ0) is 20.5. The van der Waals surface area contributed by atoms with Gasteiger partial charge in [0.1, 0.15) is 30.8 Å². The number of aromatic nitrogens is 2. The Morgan fingerprint density at radius 2 is 1.79 bits per heavy atom. The van der Waals surface area contributed by atoms with Crippen molar-refractivity contribution >= 4 is 17.4 Å². The number of rotatable bonds is 11. The minimum Gasteiger partial charge on any atom is -0.492 e. The number of carbonyl (C=O) groups is 1. The number of benzene rings is 2. The molecule has 0 saturated heterocycles. The Balaban J connectivity index is 1.30. The van der Waals surface area contributed by atoms with Crippen LogP contribution in [0.15, 0.2) is 54.7 Å². The SMILES string of the molecule is NC(=O)c1ccc(OCCNCC(O)COc2ccc(-c3cnns3)cc2)cc1. The van der Waals surface area contributed by atoms with Crippen molar-refractivity contribution in [3.63, 3.8) is 0 Å². The third-order valence-electron chi connectivity index (χ3n) is 4.01. The highest BCUT2D eigenvalue weighted by Gasteiger charge is 2.06. The van der Waals surface area contributed by atoms with Crippen LogP contribution in [0.2, 0.25) is 0 Å². The van der Waals surface area contributed by atoms with Crippen LogP contribution in [0.4, 0.5) is 0 Å². The lowest BCUT2D eigenvalue weighted by Gasteiger charge is -2.14. The van der Waals surface area contributed by atoms with E-state index in [2.05, 4.69) is 14.9 Å². The number of hydrogen-bond acceptors (Lipinski definition) is 8. The number of ether oxygens (including phenoxy) is 2. The van der Waals surface area contributed by atoms with Gasteiger partial charge in [0.2, 0.25) is 5.91 Å². The minimum absolute atomic E-state index is 0.184. The molecule has 1 atom stereocenters. The molecule has 1 amide bonds. The van der Waals surface area contributed by atoms with E-state index in [4.69, 9.17) is 15.2 Å². The molecule has 9 heteroatoms. The van der Waals surface area contributed by atoms with Crippen molar-refractivity contribution in [1.82, 2.24) is 14.9 Å². The number of amides is 1. The van der Waals surface area contributed by atoms with Crippen molar-refractivity contribution in [2.45, 2.75) is 6.10 Å². The van der Waals surface area contributed by atoms with Crippen LogP contribution >= 0.6 is 11.5 Å². The fourth-order valence-corrected chi connectivity index (χ4v) is 3.00. The molecular formula is C20H22N4O4S. The standard InChI is InChI=1S/C20H22N4O4S/c21-20(26)15-3-7-17(8-4-15)27-10-9-22-11-16(25)13-28-18-5-1-14(2-6-18)19-12-23-24-29-19/h1-8,12,16,22,25H,9-11,13H2,(H2,21,26). The lowest BCUT2D eigenvalue weighted by Crippen LogP contribution is -2.33. The molecule has 0 saturated carbocycles. The minimum atomic E-state index is -0.643. The quantitative estimate of drug-likeness (QED) is 0.409. The summed E-state index contributed by atoms with van der Waals surface area (Å²) in [5.41, 5.74) is 6.66. The van der Waals surface area contributed by atoms with Crippen LogP contribution in [0.1, 0.15) is 10.4 Å². The largest absolute Gasteiger partial charge is 0.492 e. The summed E-state index contributed by atoms with van der Waals surface area (Å²) in [6.45, 7) is 1.56. The molecule has 29 heavy (non-hydrogen) atoms. The van der Waals surface area contributed by atoms with Gasteiger partial charge in [0.05, 0.1) is 11.1 Å². The first-order valence-corrected chi connectivity index (χ1v) is 9.81. The molecule has 8 nitrogen and oxygen atoms in total. The number of aliphatic hydroxyl groups is 1. The molecule has 3 rings (SSSR count). The summed E-state index contributed by atoms with van der Waals surface area (Å²) in [6, 6.07) is 14.2. The summed E-state index contributed by atoms with van der Waals surface area (Å²) in [7, 11) is 0. The van der Waals surface area contributed by atoms with Gasteiger partial charge >= 0.3 is 0 Å². The maximum atomic E-state index is 11.0. The predicted octanol–water partition coefficient (Wildman–Crippen LogP) is 1.71. The number of nitrogens with two attached hydrogens (primary N) is 1. The van der Waals surface area contributed by atoms with Gasteiger partial charge in [-0.25, -0.2) is 0 Å². The average molecular weight is 414 g/mol. The van der Waals surface area contributed by atoms with Crippen LogP contribution in [0.3, 0.4) is 0 Å². The smallest absolute Gasteiger partial charge is 0.248 e. The topological polar surface area (TPSA) is 120 Å². The van der Waals surface area contributed by atoms with E-state index in [0.29, 0.717) is 36.8 Å². The Morgan fingerprint density at radius 3 is 2.45 bits per heavy atom. The van der Waals surface area contributed by atoms with Gasteiger partial charge in [-0.3, -0.25) is 4.79 Å². The van der Waals surface area contributed by atoms with Gasteiger partial charge in [-0.2, -0.15) is 0 Å². The number of hydrogen-bond donors (Lipinski definition) is 3. The van der Waals surface area contributed by atoms with Crippen LogP contribution in [0.25, 0.3) is 10.4 Å². The summed E-state index contributed by atoms with van der Waals surface area (Å²) in [4.78, 5) is 12.0. The van der Waals surface area contributed by atoms with Gasteiger partial charge in [-0.1, -0.05) is 4.49 Å². The molecule has 0 aliphatic carbocycles. The molecule has 0 bridgehead atoms. The summed E-state index contributed by atoms with van der Waals surface area (Å²) in [6.07, 6.45) is 1.07. The molecule has 1 heterocycles. The molecule has 0 aliphatic heterocycles. The van der Waals surface area contributed by atoms with Gasteiger partial charge in [0.25, 0.3) is 0 Å². The molecule has 1 aromatic heterocycles. The summed E-state index contributed by atoms with van der Waals surface area (Å²) in [5.74, 6) is 0.869. The molecule has 0 aliphatic rings. The Labute approximate surface area is 172 Å². The van der Waals surface area contributed by atoms with Crippen LogP contribution in [-0.2, 0) is 0 Å². The van der Waals surface area contributed by atoms with Crippen molar-refractivity contribution in [3.8, 4) is 21.9 Å². The van der Waals surface area contributed by atoms with E-state index in [1.165, 1.54) is 11.5 Å². The normalized spacial score (nSPS) is 11.8. The van der Waals surface area contributed by atoms with Crippen LogP contribution in [0.5, 0.6) is 11.5 Å². The van der Waals surface area contributed by atoms with Crippen molar-refractivity contribution in [3.05, 3.63) is 60.3 Å². The van der Waals surface area contributed by atoms with Crippen molar-refractivity contribution < 1.29 is 19.4 Å². The molecular weight excluding hydrogens is 392 g/mol. The lowest BCUT2D eigenvalue weighted by atomic mass is 10.2. The molecule has 1 unspecified atom stereocenters. The maximum absolute atomic E-state index is 11.0. The van der Waals surface area contributed by atoms with E-state index in [1.54, 1.807) is 30.5 Å². The van der Waals surface area contributed by atoms with Gasteiger partial charge in [0, 0.05) is 18.7 Å². The van der Waals surface area contributed by atoms with Gasteiger partial charge in [-0.15, -0.1) is 5.10 Å². The Kier molecular flexibility index (Phi) is 7.51. The van der Waals surface area contributed by atoms with Crippen LogP contribution in [0, 0.1) is 0 Å². The van der Waals surface area contributed by atoms with Crippen LogP contribution < -0.4 is 20.5 Å². The molecule has 0 fully saturated rings. The fraction of sp³-hybridized carbons (Fsp3) is 0.250. The highest BCUT2D eigenvalue weighted by atomic mass is 32.1. The Hall–Kier alpha value is -3.01. The summed E-state index contributed by atoms with van der Waals surface area (Å²) < 4.78 is 15.0. The molecule has 3 aromatic rings. The third-order valence-corrected chi connectivity index (χ3v) is 4.72. The number of aliphatic hydroxyl groups excluding tert-OH is 1. The van der Waals surface area contributed by atoms with E-state index in [0.717, 1.165) is 10.4 Å². The Morgan fingerprint density at radius 1 is 1.10 bits per heavy atom. The van der Waals surface area contributed by atoms with Crippen LogP contribution in [-0.4, -0.2) is 53.0 Å². The van der Waals surface area contributed by atoms with E-state index >= 15 is 0 Å². The second-order valence-corrected chi connectivity index (χ2v) is 7.00. The number of primary amides is 1. The van der Waals surface area contributed by atoms with E-state index in [1.807, 2.05) is 24.3 Å². The molecule has 0 spiro atoms. The van der Waals surface area contributed by atoms with Crippen molar-refractivity contribution in [2.75, 3.05) is 26.3 Å². The first kappa shape index (κ1) is 20.7. The summed E-state index contributed by atoms with van der Waals surface area (Å²) >= 11 is 1.33. The molecule has 4 N–H and O–H groups in total. The van der Waals surface area contributed by atoms with Crippen molar-refractivity contribution in [2.24, 2.45) is 5.73 Å². The fourth-order valence-electron chi connectivity index (χ4n) is 2.49. The van der Waals surface area contributed by atoms with Gasteiger partial charge in [0.15, 0.2) is 0 Å². The lowest BCUT2D eigenvalue weighted by molar-refractivity contribution is 0.1000. The zero-order valence-electron chi connectivity index (χ0n) is 15.7. The first-order chi connectivity index (χ1) is 14.1. The maximum Gasteiger partial charge on any atom is 0.248 e. The number of nitrogens with one attached hydrogen (secondary N) is 1. The van der Waals surface area contributed by atoms with E-state index < -0.39 is 12.0 Å². The Bertz CT molecular complexity index is 886. The molecule has 152 valence electrons. The first-order valence-electron chi connectivity index (χ1n) is 9.04. The third kappa shape index (κ3) is 6.53. The predicted molar refractivity (Wildman–Crippen MR) is 110 cm³/mol. The van der Waals surface area contributed by atoms with E-state index in [9.17, 15) is 9.90 Å². The van der Waals surface area contributed by atoms with E-state index in [-0.39, 0.29) is 6.61 Å². The number of carbonyl (C=O) groups excluding carboxylic acids is 1. The zero-order valence-corrected chi connectivity index (χ0v) is 16.5. The van der Waals surface area contributed by atoms with Crippen molar-refractivity contribution in [1.29, 1.82) is 0 Å². The van der Waals surface area contributed by atoms with Gasteiger partial charge in [-0.05, 0) is 65.6 Å². The highest BCUT2D eigenvalue weighted by Crippen LogP contribution is 2.24.